The zero-order valence-corrected chi connectivity index (χ0v) is 11.2. The van der Waals surface area contributed by atoms with Gasteiger partial charge in [-0.1, -0.05) is 18.2 Å². The number of hydrogen-bond donors (Lipinski definition) is 0. The Bertz CT molecular complexity index is 824. The molecule has 0 aliphatic rings. The Morgan fingerprint density at radius 2 is 1.44 bits per heavy atom. The summed E-state index contributed by atoms with van der Waals surface area (Å²) >= 11 is 2.07. The van der Waals surface area contributed by atoms with Crippen LogP contribution in [0, 0.1) is 3.57 Å². The molecule has 0 saturated carbocycles. The molecule has 0 saturated heterocycles. The van der Waals surface area contributed by atoms with E-state index in [-0.39, 0.29) is 0 Å². The third-order valence-corrected chi connectivity index (χ3v) is 3.23. The molecule has 3 aromatic rings. The van der Waals surface area contributed by atoms with Crippen LogP contribution in [0.3, 0.4) is 0 Å². The second kappa shape index (κ2) is 4.49. The number of fused-ring (bicyclic) bond motifs is 2. The standard InChI is InChI=1S/C13H7IO4/c14-8-4-3-7-11-12(8)18-13(15)17-10-6-2-1-5-9(10)16-11/h1-7H. The highest BCUT2D eigenvalue weighted by atomic mass is 127. The van der Waals surface area contributed by atoms with E-state index in [0.717, 1.165) is 3.57 Å². The van der Waals surface area contributed by atoms with Crippen LogP contribution < -0.4 is 5.82 Å². The first-order valence-electron chi connectivity index (χ1n) is 5.19. The average molecular weight is 354 g/mol. The molecule has 3 rings (SSSR count). The number of para-hydroxylation sites is 3. The van der Waals surface area contributed by atoms with Gasteiger partial charge in [0.1, 0.15) is 0 Å². The number of benzene rings is 2. The molecular weight excluding hydrogens is 347 g/mol. The molecule has 0 aliphatic heterocycles. The van der Waals surface area contributed by atoms with Gasteiger partial charge in [0.25, 0.3) is 0 Å². The molecule has 0 unspecified atom stereocenters. The molecule has 0 fully saturated rings. The highest BCUT2D eigenvalue weighted by Crippen LogP contribution is 2.20. The fourth-order valence-corrected chi connectivity index (χ4v) is 2.18. The molecule has 90 valence electrons. The largest absolute Gasteiger partial charge is 0.519 e. The van der Waals surface area contributed by atoms with Gasteiger partial charge in [-0.25, -0.2) is 4.79 Å². The van der Waals surface area contributed by atoms with E-state index in [1.54, 1.807) is 24.3 Å². The van der Waals surface area contributed by atoms with E-state index in [1.807, 2.05) is 18.2 Å². The average Bonchev–Trinajstić information content (AvgIpc) is 2.33. The van der Waals surface area contributed by atoms with Crippen LogP contribution >= 0.6 is 22.6 Å². The fraction of sp³-hybridized carbons (Fsp3) is 0. The molecule has 0 atom stereocenters. The number of hydrogen-bond acceptors (Lipinski definition) is 4. The van der Waals surface area contributed by atoms with Gasteiger partial charge in [-0.2, -0.15) is 0 Å². The summed E-state index contributed by atoms with van der Waals surface area (Å²) in [5.74, 6) is -0.767. The molecule has 0 bridgehead atoms. The first-order valence-corrected chi connectivity index (χ1v) is 6.27. The van der Waals surface area contributed by atoms with Crippen molar-refractivity contribution in [3.05, 3.63) is 56.7 Å². The highest BCUT2D eigenvalue weighted by molar-refractivity contribution is 14.1. The molecule has 0 amide bonds. The summed E-state index contributed by atoms with van der Waals surface area (Å²) in [5, 5.41) is 0. The van der Waals surface area contributed by atoms with Crippen molar-refractivity contribution < 1.29 is 13.3 Å². The summed E-state index contributed by atoms with van der Waals surface area (Å²) in [6.45, 7) is 0. The van der Waals surface area contributed by atoms with Gasteiger partial charge in [-0.05, 0) is 46.9 Å². The summed E-state index contributed by atoms with van der Waals surface area (Å²) in [7, 11) is 0. The summed E-state index contributed by atoms with van der Waals surface area (Å²) in [6.07, 6.45) is 0. The predicted molar refractivity (Wildman–Crippen MR) is 74.9 cm³/mol. The Morgan fingerprint density at radius 1 is 0.778 bits per heavy atom. The molecule has 0 radical (unpaired) electrons. The van der Waals surface area contributed by atoms with Crippen LogP contribution in [0.4, 0.5) is 0 Å². The van der Waals surface area contributed by atoms with Gasteiger partial charge in [0.05, 0.1) is 3.57 Å². The monoisotopic (exact) mass is 354 g/mol. The molecule has 1 heterocycles. The van der Waals surface area contributed by atoms with Crippen molar-refractivity contribution in [2.45, 2.75) is 0 Å². The summed E-state index contributed by atoms with van der Waals surface area (Å²) < 4.78 is 16.7. The maximum absolute atomic E-state index is 11.6. The van der Waals surface area contributed by atoms with Crippen LogP contribution in [0.25, 0.3) is 22.3 Å². The molecule has 0 spiro atoms. The third kappa shape index (κ3) is 2.01. The van der Waals surface area contributed by atoms with Gasteiger partial charge in [-0.15, -0.1) is 0 Å². The molecule has 5 heteroatoms. The highest BCUT2D eigenvalue weighted by Gasteiger charge is 2.04. The topological polar surface area (TPSA) is 56.5 Å². The van der Waals surface area contributed by atoms with Crippen molar-refractivity contribution in [3.63, 3.8) is 0 Å². The predicted octanol–water partition coefficient (Wildman–Crippen LogP) is 3.86. The second-order valence-corrected chi connectivity index (χ2v) is 4.73. The molecule has 1 aromatic heterocycles. The third-order valence-electron chi connectivity index (χ3n) is 2.38. The quantitative estimate of drug-likeness (QED) is 0.576. The van der Waals surface area contributed by atoms with Crippen LogP contribution in [0.2, 0.25) is 0 Å². The van der Waals surface area contributed by atoms with Gasteiger partial charge in [0, 0.05) is 0 Å². The summed E-state index contributed by atoms with van der Waals surface area (Å²) in [5.41, 5.74) is 1.69. The van der Waals surface area contributed by atoms with Crippen LogP contribution in [0.1, 0.15) is 0 Å². The second-order valence-electron chi connectivity index (χ2n) is 3.57. The van der Waals surface area contributed by atoms with E-state index in [4.69, 9.17) is 13.3 Å². The smallest absolute Gasteiger partial charge is 0.449 e. The molecule has 18 heavy (non-hydrogen) atoms. The van der Waals surface area contributed by atoms with Crippen molar-refractivity contribution in [1.29, 1.82) is 0 Å². The zero-order valence-electron chi connectivity index (χ0n) is 9.05. The van der Waals surface area contributed by atoms with Crippen molar-refractivity contribution in [3.8, 4) is 0 Å². The Morgan fingerprint density at radius 3 is 2.22 bits per heavy atom. The van der Waals surface area contributed by atoms with Crippen molar-refractivity contribution in [2.24, 2.45) is 0 Å². The summed E-state index contributed by atoms with van der Waals surface area (Å²) in [6, 6.07) is 12.3. The van der Waals surface area contributed by atoms with E-state index < -0.39 is 5.82 Å². The lowest BCUT2D eigenvalue weighted by atomic mass is 10.3. The maximum Gasteiger partial charge on any atom is 0.519 e. The van der Waals surface area contributed by atoms with Gasteiger partial charge < -0.3 is 13.3 Å². The van der Waals surface area contributed by atoms with Crippen molar-refractivity contribution in [2.75, 3.05) is 0 Å². The van der Waals surface area contributed by atoms with Crippen molar-refractivity contribution in [1.82, 2.24) is 0 Å². The first-order chi connectivity index (χ1) is 8.74. The lowest BCUT2D eigenvalue weighted by Crippen LogP contribution is -1.94. The van der Waals surface area contributed by atoms with E-state index in [2.05, 4.69) is 22.6 Å². The Labute approximate surface area is 115 Å². The molecule has 4 nitrogen and oxygen atoms in total. The minimum atomic E-state index is -0.767. The SMILES string of the molecule is O=c1oc2ccccc2oc2cccc(I)c2o1. The minimum absolute atomic E-state index is 0.340. The van der Waals surface area contributed by atoms with Crippen molar-refractivity contribution >= 4 is 44.9 Å². The van der Waals surface area contributed by atoms with Gasteiger partial charge in [0.2, 0.25) is 0 Å². The Kier molecular flexibility index (Phi) is 2.83. The lowest BCUT2D eigenvalue weighted by Gasteiger charge is -1.97. The van der Waals surface area contributed by atoms with E-state index in [0.29, 0.717) is 22.3 Å². The summed E-state index contributed by atoms with van der Waals surface area (Å²) in [4.78, 5) is 11.6. The zero-order chi connectivity index (χ0) is 12.5. The van der Waals surface area contributed by atoms with Gasteiger partial charge in [-0.3, -0.25) is 0 Å². The number of halogens is 1. The van der Waals surface area contributed by atoms with E-state index in [9.17, 15) is 4.79 Å². The molecule has 0 N–H and O–H groups in total. The van der Waals surface area contributed by atoms with Crippen LogP contribution in [0.5, 0.6) is 0 Å². The van der Waals surface area contributed by atoms with Gasteiger partial charge in [0.15, 0.2) is 22.3 Å². The molecule has 0 aliphatic carbocycles. The molecular formula is C13H7IO4. The van der Waals surface area contributed by atoms with Crippen LogP contribution in [-0.4, -0.2) is 0 Å². The van der Waals surface area contributed by atoms with E-state index in [1.165, 1.54) is 0 Å². The lowest BCUT2D eigenvalue weighted by molar-refractivity contribution is 0.367. The molecule has 2 aromatic carbocycles. The van der Waals surface area contributed by atoms with Gasteiger partial charge >= 0.3 is 5.82 Å². The van der Waals surface area contributed by atoms with E-state index >= 15 is 0 Å². The maximum atomic E-state index is 11.6. The normalized spacial score (nSPS) is 10.7. The number of rotatable bonds is 0. The Hall–Kier alpha value is -1.76. The minimum Gasteiger partial charge on any atom is -0.449 e. The first kappa shape index (κ1) is 11.3. The van der Waals surface area contributed by atoms with Crippen LogP contribution in [0.15, 0.2) is 60.5 Å². The fourth-order valence-electron chi connectivity index (χ4n) is 1.60. The Balaban J connectivity index is 2.61. The van der Waals surface area contributed by atoms with Crippen LogP contribution in [-0.2, 0) is 0 Å².